The fourth-order valence-electron chi connectivity index (χ4n) is 2.80. The summed E-state index contributed by atoms with van der Waals surface area (Å²) in [6.45, 7) is 0.587. The van der Waals surface area contributed by atoms with Gasteiger partial charge in [-0.3, -0.25) is 4.79 Å². The number of para-hydroxylation sites is 1. The lowest BCUT2D eigenvalue weighted by Crippen LogP contribution is -2.32. The summed E-state index contributed by atoms with van der Waals surface area (Å²) in [5.41, 5.74) is 1.64. The van der Waals surface area contributed by atoms with Crippen molar-refractivity contribution in [1.29, 1.82) is 0 Å². The topological polar surface area (TPSA) is 38.8 Å². The van der Waals surface area contributed by atoms with Crippen LogP contribution < -0.4 is 9.47 Å². The predicted molar refractivity (Wildman–Crippen MR) is 96.6 cm³/mol. The number of nitrogens with zero attached hydrogens (tertiary/aromatic N) is 1. The third-order valence-electron chi connectivity index (χ3n) is 4.12. The van der Waals surface area contributed by atoms with E-state index < -0.39 is 0 Å². The van der Waals surface area contributed by atoms with Crippen LogP contribution in [0.3, 0.4) is 0 Å². The summed E-state index contributed by atoms with van der Waals surface area (Å²) in [6.07, 6.45) is 2.10. The van der Waals surface area contributed by atoms with E-state index in [9.17, 15) is 4.79 Å². The zero-order valence-corrected chi connectivity index (χ0v) is 15.4. The van der Waals surface area contributed by atoms with Crippen molar-refractivity contribution in [2.75, 3.05) is 14.2 Å². The Morgan fingerprint density at radius 3 is 2.54 bits per heavy atom. The Labute approximate surface area is 150 Å². The zero-order valence-electron chi connectivity index (χ0n) is 13.8. The van der Waals surface area contributed by atoms with Crippen LogP contribution in [0.2, 0.25) is 0 Å². The largest absolute Gasteiger partial charge is 0.493 e. The van der Waals surface area contributed by atoms with Gasteiger partial charge in [-0.1, -0.05) is 34.1 Å². The molecule has 2 aromatic carbocycles. The number of halogens is 1. The molecule has 3 rings (SSSR count). The minimum Gasteiger partial charge on any atom is -0.493 e. The molecule has 0 N–H and O–H groups in total. The number of rotatable bonds is 6. The number of benzene rings is 2. The van der Waals surface area contributed by atoms with Crippen molar-refractivity contribution < 1.29 is 14.3 Å². The Bertz CT molecular complexity index is 743. The zero-order chi connectivity index (χ0) is 17.1. The number of ether oxygens (including phenoxy) is 2. The first-order valence-electron chi connectivity index (χ1n) is 7.90. The van der Waals surface area contributed by atoms with Crippen molar-refractivity contribution in [3.05, 3.63) is 58.1 Å². The second kappa shape index (κ2) is 7.26. The van der Waals surface area contributed by atoms with Crippen LogP contribution in [0.5, 0.6) is 11.5 Å². The molecule has 4 nitrogen and oxygen atoms in total. The first kappa shape index (κ1) is 16.8. The Morgan fingerprint density at radius 2 is 1.92 bits per heavy atom. The third kappa shape index (κ3) is 3.56. The second-order valence-corrected chi connectivity index (χ2v) is 6.75. The van der Waals surface area contributed by atoms with Gasteiger partial charge in [0, 0.05) is 17.1 Å². The fourth-order valence-corrected chi connectivity index (χ4v) is 3.24. The van der Waals surface area contributed by atoms with E-state index >= 15 is 0 Å². The number of hydrogen-bond donors (Lipinski definition) is 0. The number of amides is 1. The molecule has 0 heterocycles. The van der Waals surface area contributed by atoms with Gasteiger partial charge in [0.15, 0.2) is 11.5 Å². The smallest absolute Gasteiger partial charge is 0.258 e. The molecule has 0 aromatic heterocycles. The number of hydrogen-bond acceptors (Lipinski definition) is 3. The Morgan fingerprint density at radius 1 is 1.17 bits per heavy atom. The van der Waals surface area contributed by atoms with Crippen molar-refractivity contribution in [3.8, 4) is 11.5 Å². The van der Waals surface area contributed by atoms with E-state index in [2.05, 4.69) is 15.9 Å². The van der Waals surface area contributed by atoms with E-state index in [0.717, 1.165) is 22.9 Å². The van der Waals surface area contributed by atoms with E-state index in [1.807, 2.05) is 35.2 Å². The van der Waals surface area contributed by atoms with Gasteiger partial charge in [0.1, 0.15) is 0 Å². The molecule has 24 heavy (non-hydrogen) atoms. The summed E-state index contributed by atoms with van der Waals surface area (Å²) in [4.78, 5) is 15.1. The maximum Gasteiger partial charge on any atom is 0.258 e. The third-order valence-corrected chi connectivity index (χ3v) is 4.62. The van der Waals surface area contributed by atoms with Crippen LogP contribution in [-0.4, -0.2) is 31.1 Å². The lowest BCUT2D eigenvalue weighted by molar-refractivity contribution is 0.0726. The van der Waals surface area contributed by atoms with Gasteiger partial charge >= 0.3 is 0 Å². The number of methoxy groups -OCH3 is 2. The molecule has 1 aliphatic carbocycles. The lowest BCUT2D eigenvalue weighted by atomic mass is 10.1. The molecule has 0 unspecified atom stereocenters. The molecule has 0 radical (unpaired) electrons. The molecular formula is C19H20BrNO3. The van der Waals surface area contributed by atoms with Gasteiger partial charge in [0.2, 0.25) is 0 Å². The average Bonchev–Trinajstić information content (AvgIpc) is 3.43. The summed E-state index contributed by atoms with van der Waals surface area (Å²) in [7, 11) is 3.14. The molecule has 0 atom stereocenters. The quantitative estimate of drug-likeness (QED) is 0.740. The molecule has 0 bridgehead atoms. The molecule has 1 amide bonds. The van der Waals surface area contributed by atoms with Crippen LogP contribution in [0.1, 0.15) is 28.8 Å². The van der Waals surface area contributed by atoms with E-state index in [4.69, 9.17) is 9.47 Å². The van der Waals surface area contributed by atoms with Gasteiger partial charge in [-0.05, 0) is 42.7 Å². The molecule has 126 valence electrons. The normalized spacial score (nSPS) is 13.5. The van der Waals surface area contributed by atoms with Crippen molar-refractivity contribution in [2.24, 2.45) is 0 Å². The summed E-state index contributed by atoms with van der Waals surface area (Å²) < 4.78 is 11.8. The number of carbonyl (C=O) groups is 1. The first-order valence-corrected chi connectivity index (χ1v) is 8.69. The van der Waals surface area contributed by atoms with Gasteiger partial charge in [0.05, 0.1) is 19.8 Å². The van der Waals surface area contributed by atoms with Gasteiger partial charge < -0.3 is 14.4 Å². The molecule has 0 aliphatic heterocycles. The number of carbonyl (C=O) groups excluding carboxylic acids is 1. The summed E-state index contributed by atoms with van der Waals surface area (Å²) in [6, 6.07) is 13.8. The van der Waals surface area contributed by atoms with Crippen LogP contribution in [0, 0.1) is 0 Å². The highest BCUT2D eigenvalue weighted by atomic mass is 79.9. The Kier molecular flexibility index (Phi) is 5.09. The monoisotopic (exact) mass is 389 g/mol. The molecule has 1 fully saturated rings. The van der Waals surface area contributed by atoms with Crippen molar-refractivity contribution >= 4 is 21.8 Å². The predicted octanol–water partition coefficient (Wildman–Crippen LogP) is 4.27. The van der Waals surface area contributed by atoms with Crippen LogP contribution in [0.15, 0.2) is 46.9 Å². The Balaban J connectivity index is 1.91. The average molecular weight is 390 g/mol. The highest BCUT2D eigenvalue weighted by Gasteiger charge is 2.34. The summed E-state index contributed by atoms with van der Waals surface area (Å²) in [5.74, 6) is 1.04. The maximum atomic E-state index is 13.1. The van der Waals surface area contributed by atoms with Crippen molar-refractivity contribution in [1.82, 2.24) is 4.90 Å². The SMILES string of the molecule is COc1cccc(C(=O)N(Cc2cccc(Br)c2)C2CC2)c1OC. The van der Waals surface area contributed by atoms with Crippen LogP contribution in [-0.2, 0) is 6.54 Å². The molecular weight excluding hydrogens is 370 g/mol. The fraction of sp³-hybridized carbons (Fsp3) is 0.316. The van der Waals surface area contributed by atoms with E-state index in [1.54, 1.807) is 26.4 Å². The maximum absolute atomic E-state index is 13.1. The van der Waals surface area contributed by atoms with Gasteiger partial charge in [-0.15, -0.1) is 0 Å². The van der Waals surface area contributed by atoms with Gasteiger partial charge in [-0.2, -0.15) is 0 Å². The molecule has 1 saturated carbocycles. The molecule has 1 aliphatic rings. The Hall–Kier alpha value is -2.01. The second-order valence-electron chi connectivity index (χ2n) is 5.84. The highest BCUT2D eigenvalue weighted by Crippen LogP contribution is 2.35. The van der Waals surface area contributed by atoms with Crippen LogP contribution in [0.4, 0.5) is 0 Å². The highest BCUT2D eigenvalue weighted by molar-refractivity contribution is 9.10. The van der Waals surface area contributed by atoms with Gasteiger partial charge in [-0.25, -0.2) is 0 Å². The van der Waals surface area contributed by atoms with Crippen LogP contribution >= 0.6 is 15.9 Å². The van der Waals surface area contributed by atoms with E-state index in [1.165, 1.54) is 0 Å². The first-order chi connectivity index (χ1) is 11.6. The molecule has 5 heteroatoms. The summed E-state index contributed by atoms with van der Waals surface area (Å²) in [5, 5.41) is 0. The minimum absolute atomic E-state index is 0.0202. The molecule has 0 saturated heterocycles. The molecule has 2 aromatic rings. The minimum atomic E-state index is -0.0202. The van der Waals surface area contributed by atoms with Crippen molar-refractivity contribution in [3.63, 3.8) is 0 Å². The van der Waals surface area contributed by atoms with Crippen molar-refractivity contribution in [2.45, 2.75) is 25.4 Å². The van der Waals surface area contributed by atoms with Gasteiger partial charge in [0.25, 0.3) is 5.91 Å². The van der Waals surface area contributed by atoms with E-state index in [-0.39, 0.29) is 5.91 Å². The molecule has 0 spiro atoms. The lowest BCUT2D eigenvalue weighted by Gasteiger charge is -2.24. The van der Waals surface area contributed by atoms with E-state index in [0.29, 0.717) is 29.6 Å². The summed E-state index contributed by atoms with van der Waals surface area (Å²) >= 11 is 3.49. The standard InChI is InChI=1S/C19H20BrNO3/c1-23-17-8-4-7-16(18(17)24-2)19(22)21(15-9-10-15)12-13-5-3-6-14(20)11-13/h3-8,11,15H,9-10,12H2,1-2H3. The van der Waals surface area contributed by atoms with Crippen LogP contribution in [0.25, 0.3) is 0 Å².